The van der Waals surface area contributed by atoms with Gasteiger partial charge in [0, 0.05) is 25.4 Å². The van der Waals surface area contributed by atoms with Gasteiger partial charge in [-0.2, -0.15) is 0 Å². The van der Waals surface area contributed by atoms with Crippen molar-refractivity contribution in [3.8, 4) is 11.3 Å². The van der Waals surface area contributed by atoms with Crippen LogP contribution in [-0.2, 0) is 0 Å². The van der Waals surface area contributed by atoms with Gasteiger partial charge in [-0.25, -0.2) is 9.97 Å². The van der Waals surface area contributed by atoms with E-state index in [0.29, 0.717) is 11.8 Å². The van der Waals surface area contributed by atoms with Crippen molar-refractivity contribution in [2.24, 2.45) is 5.92 Å². The molecule has 118 valence electrons. The molecule has 22 heavy (non-hydrogen) atoms. The fraction of sp³-hybridized carbons (Fsp3) is 0.588. The van der Waals surface area contributed by atoms with Crippen LogP contribution in [0.3, 0.4) is 0 Å². The van der Waals surface area contributed by atoms with E-state index < -0.39 is 0 Å². The van der Waals surface area contributed by atoms with E-state index in [4.69, 9.17) is 9.51 Å². The molecule has 1 aliphatic heterocycles. The van der Waals surface area contributed by atoms with Crippen LogP contribution in [0.25, 0.3) is 11.3 Å². The van der Waals surface area contributed by atoms with Gasteiger partial charge in [-0.1, -0.05) is 25.9 Å². The van der Waals surface area contributed by atoms with E-state index >= 15 is 0 Å². The highest BCUT2D eigenvalue weighted by molar-refractivity contribution is 5.61. The van der Waals surface area contributed by atoms with Crippen LogP contribution in [0.5, 0.6) is 0 Å². The Labute approximate surface area is 131 Å². The quantitative estimate of drug-likeness (QED) is 0.863. The first-order valence-corrected chi connectivity index (χ1v) is 8.10. The van der Waals surface area contributed by atoms with Gasteiger partial charge in [-0.05, 0) is 31.6 Å². The summed E-state index contributed by atoms with van der Waals surface area (Å²) in [6, 6.07) is 1.94. The molecule has 0 spiro atoms. The molecule has 0 amide bonds. The van der Waals surface area contributed by atoms with E-state index in [1.54, 1.807) is 0 Å². The third-order valence-electron chi connectivity index (χ3n) is 4.19. The number of nitrogens with zero attached hydrogens (tertiary/aromatic N) is 4. The lowest BCUT2D eigenvalue weighted by atomic mass is 10.0. The van der Waals surface area contributed by atoms with E-state index in [2.05, 4.69) is 35.8 Å². The molecule has 1 saturated heterocycles. The van der Waals surface area contributed by atoms with Crippen LogP contribution in [0.4, 0.5) is 5.95 Å². The molecule has 0 N–H and O–H groups in total. The van der Waals surface area contributed by atoms with Gasteiger partial charge < -0.3 is 9.42 Å². The van der Waals surface area contributed by atoms with E-state index in [1.165, 1.54) is 12.8 Å². The lowest BCUT2D eigenvalue weighted by Crippen LogP contribution is -2.35. The van der Waals surface area contributed by atoms with Crippen molar-refractivity contribution in [2.45, 2.75) is 46.5 Å². The maximum atomic E-state index is 5.40. The molecule has 0 aromatic carbocycles. The van der Waals surface area contributed by atoms with Crippen LogP contribution in [0.15, 0.2) is 16.8 Å². The maximum Gasteiger partial charge on any atom is 0.225 e. The minimum atomic E-state index is 0.310. The number of aryl methyl sites for hydroxylation is 1. The van der Waals surface area contributed by atoms with Crippen LogP contribution >= 0.6 is 0 Å². The minimum Gasteiger partial charge on any atom is -0.356 e. The van der Waals surface area contributed by atoms with Crippen molar-refractivity contribution in [1.82, 2.24) is 15.1 Å². The average Bonchev–Trinajstić information content (AvgIpc) is 2.93. The van der Waals surface area contributed by atoms with Crippen molar-refractivity contribution in [1.29, 1.82) is 0 Å². The summed E-state index contributed by atoms with van der Waals surface area (Å²) < 4.78 is 5.40. The third-order valence-corrected chi connectivity index (χ3v) is 4.19. The topological polar surface area (TPSA) is 55.1 Å². The van der Waals surface area contributed by atoms with E-state index in [9.17, 15) is 0 Å². The van der Waals surface area contributed by atoms with Crippen LogP contribution < -0.4 is 4.90 Å². The van der Waals surface area contributed by atoms with E-state index in [-0.39, 0.29) is 0 Å². The van der Waals surface area contributed by atoms with Gasteiger partial charge in [0.15, 0.2) is 5.76 Å². The van der Waals surface area contributed by atoms with Crippen LogP contribution in [0.1, 0.15) is 50.9 Å². The summed E-state index contributed by atoms with van der Waals surface area (Å²) in [5.74, 6) is 2.61. The molecule has 3 rings (SSSR count). The van der Waals surface area contributed by atoms with Crippen LogP contribution in [-0.4, -0.2) is 28.2 Å². The number of aromatic nitrogens is 3. The summed E-state index contributed by atoms with van der Waals surface area (Å²) in [6.07, 6.45) is 4.39. The third kappa shape index (κ3) is 2.98. The van der Waals surface area contributed by atoms with Gasteiger partial charge in [0.1, 0.15) is 0 Å². The minimum absolute atomic E-state index is 0.310. The number of anilines is 1. The monoisotopic (exact) mass is 300 g/mol. The molecule has 1 atom stereocenters. The Morgan fingerprint density at radius 3 is 2.82 bits per heavy atom. The normalized spacial score (nSPS) is 19.0. The number of hydrogen-bond acceptors (Lipinski definition) is 5. The molecule has 0 saturated carbocycles. The molecular formula is C17H24N4O. The second-order valence-corrected chi connectivity index (χ2v) is 6.65. The van der Waals surface area contributed by atoms with Crippen LogP contribution in [0, 0.1) is 12.8 Å². The first-order chi connectivity index (χ1) is 10.5. The molecule has 0 aliphatic carbocycles. The zero-order valence-electron chi connectivity index (χ0n) is 13.8. The number of hydrogen-bond donors (Lipinski definition) is 0. The molecule has 5 nitrogen and oxygen atoms in total. The Morgan fingerprint density at radius 2 is 2.18 bits per heavy atom. The Morgan fingerprint density at radius 1 is 1.36 bits per heavy atom. The standard InChI is InChI=1S/C17H24N4O/c1-11(2)16-14(15-8-13(4)20-22-15)9-18-17(19-16)21-7-5-6-12(3)10-21/h8-9,11-12H,5-7,10H2,1-4H3/t12-/m0/s1. The number of piperidine rings is 1. The fourth-order valence-corrected chi connectivity index (χ4v) is 3.03. The maximum absolute atomic E-state index is 5.40. The van der Waals surface area contributed by atoms with Gasteiger partial charge in [-0.3, -0.25) is 0 Å². The van der Waals surface area contributed by atoms with Crippen molar-refractivity contribution in [3.05, 3.63) is 23.7 Å². The van der Waals surface area contributed by atoms with Gasteiger partial charge >= 0.3 is 0 Å². The van der Waals surface area contributed by atoms with E-state index in [0.717, 1.165) is 41.7 Å². The predicted octanol–water partition coefficient (Wildman–Crippen LogP) is 3.80. The summed E-state index contributed by atoms with van der Waals surface area (Å²) in [7, 11) is 0. The molecule has 3 heterocycles. The lowest BCUT2D eigenvalue weighted by Gasteiger charge is -2.31. The summed E-state index contributed by atoms with van der Waals surface area (Å²) in [5.41, 5.74) is 2.85. The van der Waals surface area contributed by atoms with Crippen molar-refractivity contribution < 1.29 is 4.52 Å². The molecule has 2 aromatic heterocycles. The van der Waals surface area contributed by atoms with Crippen LogP contribution in [0.2, 0.25) is 0 Å². The largest absolute Gasteiger partial charge is 0.356 e. The molecule has 1 aliphatic rings. The highest BCUT2D eigenvalue weighted by atomic mass is 16.5. The van der Waals surface area contributed by atoms with Gasteiger partial charge in [0.25, 0.3) is 0 Å². The Hall–Kier alpha value is -1.91. The van der Waals surface area contributed by atoms with Gasteiger partial charge in [-0.15, -0.1) is 0 Å². The Balaban J connectivity index is 1.96. The fourth-order valence-electron chi connectivity index (χ4n) is 3.03. The van der Waals surface area contributed by atoms with Crippen molar-refractivity contribution in [3.63, 3.8) is 0 Å². The second-order valence-electron chi connectivity index (χ2n) is 6.65. The molecule has 0 unspecified atom stereocenters. The first-order valence-electron chi connectivity index (χ1n) is 8.10. The first kappa shape index (κ1) is 15.0. The molecule has 0 bridgehead atoms. The number of rotatable bonds is 3. The predicted molar refractivity (Wildman–Crippen MR) is 87.0 cm³/mol. The summed E-state index contributed by atoms with van der Waals surface area (Å²) in [6.45, 7) is 10.6. The molecular weight excluding hydrogens is 276 g/mol. The molecule has 1 fully saturated rings. The zero-order valence-corrected chi connectivity index (χ0v) is 13.8. The summed E-state index contributed by atoms with van der Waals surface area (Å²) in [5, 5.41) is 3.97. The molecule has 5 heteroatoms. The highest BCUT2D eigenvalue weighted by Gasteiger charge is 2.22. The lowest BCUT2D eigenvalue weighted by molar-refractivity contribution is 0.425. The Bertz CT molecular complexity index is 650. The summed E-state index contributed by atoms with van der Waals surface area (Å²) in [4.78, 5) is 11.7. The smallest absolute Gasteiger partial charge is 0.225 e. The second kappa shape index (κ2) is 6.07. The highest BCUT2D eigenvalue weighted by Crippen LogP contribution is 2.30. The summed E-state index contributed by atoms with van der Waals surface area (Å²) >= 11 is 0. The van der Waals surface area contributed by atoms with E-state index in [1.807, 2.05) is 19.2 Å². The zero-order chi connectivity index (χ0) is 15.7. The van der Waals surface area contributed by atoms with Crippen molar-refractivity contribution >= 4 is 5.95 Å². The molecule has 2 aromatic rings. The SMILES string of the molecule is Cc1cc(-c2cnc(N3CCC[C@H](C)C3)nc2C(C)C)on1. The molecule has 0 radical (unpaired) electrons. The van der Waals surface area contributed by atoms with Gasteiger partial charge in [0.2, 0.25) is 5.95 Å². The average molecular weight is 300 g/mol. The Kier molecular flexibility index (Phi) is 4.14. The van der Waals surface area contributed by atoms with Gasteiger partial charge in [0.05, 0.1) is 17.0 Å². The van der Waals surface area contributed by atoms with Crippen molar-refractivity contribution in [2.75, 3.05) is 18.0 Å².